The number of nitrogens with zero attached hydrogens (tertiary/aromatic N) is 1. The molecule has 1 unspecified atom stereocenters. The summed E-state index contributed by atoms with van der Waals surface area (Å²) in [6, 6.07) is 0. The molecule has 17 heavy (non-hydrogen) atoms. The molecule has 2 N–H and O–H groups in total. The second-order valence-corrected chi connectivity index (χ2v) is 5.87. The van der Waals surface area contributed by atoms with Gasteiger partial charge in [0, 0.05) is 13.1 Å². The summed E-state index contributed by atoms with van der Waals surface area (Å²) in [4.78, 5) is 2.03. The van der Waals surface area contributed by atoms with Crippen molar-refractivity contribution in [3.63, 3.8) is 0 Å². The smallest absolute Gasteiger partial charge is 0.0791 e. The standard InChI is InChI=1S/C14H30N2O/c1-4-12-5-7-13(8-6-12)9-15-10-14(17)11-16(2)3/h12-15,17H,4-11H2,1-3H3. The van der Waals surface area contributed by atoms with Crippen molar-refractivity contribution in [3.05, 3.63) is 0 Å². The van der Waals surface area contributed by atoms with E-state index in [4.69, 9.17) is 0 Å². The average Bonchev–Trinajstić information content (AvgIpc) is 2.29. The van der Waals surface area contributed by atoms with Gasteiger partial charge in [0.1, 0.15) is 0 Å². The Balaban J connectivity index is 2.03. The van der Waals surface area contributed by atoms with Crippen LogP contribution in [-0.2, 0) is 0 Å². The highest BCUT2D eigenvalue weighted by atomic mass is 16.3. The van der Waals surface area contributed by atoms with Crippen LogP contribution in [0.25, 0.3) is 0 Å². The van der Waals surface area contributed by atoms with E-state index in [2.05, 4.69) is 12.2 Å². The van der Waals surface area contributed by atoms with Gasteiger partial charge >= 0.3 is 0 Å². The largest absolute Gasteiger partial charge is 0.390 e. The van der Waals surface area contributed by atoms with Crippen LogP contribution < -0.4 is 5.32 Å². The topological polar surface area (TPSA) is 35.5 Å². The molecule has 0 amide bonds. The molecule has 0 aromatic heterocycles. The molecule has 3 nitrogen and oxygen atoms in total. The fourth-order valence-electron chi connectivity index (χ4n) is 2.78. The van der Waals surface area contributed by atoms with E-state index in [0.29, 0.717) is 0 Å². The van der Waals surface area contributed by atoms with Crippen LogP contribution in [0.1, 0.15) is 39.0 Å². The van der Waals surface area contributed by atoms with E-state index in [1.54, 1.807) is 0 Å². The summed E-state index contributed by atoms with van der Waals surface area (Å²) in [6.07, 6.45) is 6.66. The number of likely N-dealkylation sites (N-methyl/N-ethyl adjacent to an activating group) is 1. The number of hydrogen-bond donors (Lipinski definition) is 2. The first-order valence-corrected chi connectivity index (χ1v) is 7.15. The van der Waals surface area contributed by atoms with E-state index < -0.39 is 0 Å². The Bertz CT molecular complexity index is 189. The third-order valence-electron chi connectivity index (χ3n) is 3.93. The molecule has 0 saturated heterocycles. The Labute approximate surface area is 107 Å². The summed E-state index contributed by atoms with van der Waals surface area (Å²) in [5, 5.41) is 13.1. The Morgan fingerprint density at radius 2 is 1.76 bits per heavy atom. The molecule has 0 spiro atoms. The molecule has 102 valence electrons. The van der Waals surface area contributed by atoms with E-state index in [1.165, 1.54) is 32.1 Å². The van der Waals surface area contributed by atoms with Gasteiger partial charge in [0.15, 0.2) is 0 Å². The maximum atomic E-state index is 9.73. The molecule has 1 fully saturated rings. The predicted molar refractivity (Wildman–Crippen MR) is 73.2 cm³/mol. The molecule has 1 aliphatic rings. The fraction of sp³-hybridized carbons (Fsp3) is 1.00. The molecule has 0 aromatic carbocycles. The van der Waals surface area contributed by atoms with E-state index in [1.807, 2.05) is 19.0 Å². The summed E-state index contributed by atoms with van der Waals surface area (Å²) >= 11 is 0. The zero-order chi connectivity index (χ0) is 12.7. The van der Waals surface area contributed by atoms with Crippen molar-refractivity contribution in [2.45, 2.75) is 45.1 Å². The summed E-state index contributed by atoms with van der Waals surface area (Å²) < 4.78 is 0. The van der Waals surface area contributed by atoms with Crippen molar-refractivity contribution in [1.82, 2.24) is 10.2 Å². The van der Waals surface area contributed by atoms with Crippen molar-refractivity contribution >= 4 is 0 Å². The SMILES string of the molecule is CCC1CCC(CNCC(O)CN(C)C)CC1. The third-order valence-corrected chi connectivity index (χ3v) is 3.93. The maximum Gasteiger partial charge on any atom is 0.0791 e. The molecule has 1 rings (SSSR count). The van der Waals surface area contributed by atoms with Crippen molar-refractivity contribution in [3.8, 4) is 0 Å². The van der Waals surface area contributed by atoms with Gasteiger partial charge in [-0.15, -0.1) is 0 Å². The number of aliphatic hydroxyl groups is 1. The van der Waals surface area contributed by atoms with Crippen LogP contribution >= 0.6 is 0 Å². The van der Waals surface area contributed by atoms with Crippen molar-refractivity contribution in [2.24, 2.45) is 11.8 Å². The van der Waals surface area contributed by atoms with Gasteiger partial charge in [-0.05, 0) is 45.3 Å². The molecule has 3 heteroatoms. The second kappa shape index (κ2) is 8.06. The zero-order valence-corrected chi connectivity index (χ0v) is 11.8. The van der Waals surface area contributed by atoms with Crippen LogP contribution in [0.4, 0.5) is 0 Å². The summed E-state index contributed by atoms with van der Waals surface area (Å²) in [5.41, 5.74) is 0. The molecule has 0 heterocycles. The lowest BCUT2D eigenvalue weighted by Crippen LogP contribution is -2.37. The first-order valence-electron chi connectivity index (χ1n) is 7.15. The third kappa shape index (κ3) is 6.39. The molecule has 0 aliphatic heterocycles. The molecule has 1 aliphatic carbocycles. The highest BCUT2D eigenvalue weighted by molar-refractivity contribution is 4.74. The molecular weight excluding hydrogens is 212 g/mol. The van der Waals surface area contributed by atoms with Crippen LogP contribution in [-0.4, -0.2) is 49.8 Å². The van der Waals surface area contributed by atoms with Gasteiger partial charge in [0.25, 0.3) is 0 Å². The van der Waals surface area contributed by atoms with Gasteiger partial charge in [-0.1, -0.05) is 26.2 Å². The quantitative estimate of drug-likeness (QED) is 0.713. The second-order valence-electron chi connectivity index (χ2n) is 5.87. The summed E-state index contributed by atoms with van der Waals surface area (Å²) in [7, 11) is 3.99. The van der Waals surface area contributed by atoms with Crippen molar-refractivity contribution in [2.75, 3.05) is 33.7 Å². The molecular formula is C14H30N2O. The fourth-order valence-corrected chi connectivity index (χ4v) is 2.78. The molecule has 0 bridgehead atoms. The van der Waals surface area contributed by atoms with Gasteiger partial charge < -0.3 is 15.3 Å². The van der Waals surface area contributed by atoms with Gasteiger partial charge in [-0.2, -0.15) is 0 Å². The lowest BCUT2D eigenvalue weighted by Gasteiger charge is -2.28. The van der Waals surface area contributed by atoms with Crippen LogP contribution in [0, 0.1) is 11.8 Å². The van der Waals surface area contributed by atoms with Crippen LogP contribution in [0.15, 0.2) is 0 Å². The minimum absolute atomic E-state index is 0.239. The highest BCUT2D eigenvalue weighted by Crippen LogP contribution is 2.29. The zero-order valence-electron chi connectivity index (χ0n) is 11.8. The van der Waals surface area contributed by atoms with Gasteiger partial charge in [0.05, 0.1) is 6.10 Å². The molecule has 1 atom stereocenters. The molecule has 1 saturated carbocycles. The molecule has 0 aromatic rings. The monoisotopic (exact) mass is 242 g/mol. The lowest BCUT2D eigenvalue weighted by atomic mass is 9.81. The predicted octanol–water partition coefficient (Wildman–Crippen LogP) is 1.71. The van der Waals surface area contributed by atoms with Crippen LogP contribution in [0.5, 0.6) is 0 Å². The summed E-state index contributed by atoms with van der Waals surface area (Å²) in [5.74, 6) is 1.81. The summed E-state index contributed by atoms with van der Waals surface area (Å²) in [6.45, 7) is 4.86. The molecule has 0 radical (unpaired) electrons. The normalized spacial score (nSPS) is 27.4. The van der Waals surface area contributed by atoms with E-state index in [9.17, 15) is 5.11 Å². The highest BCUT2D eigenvalue weighted by Gasteiger charge is 2.19. The van der Waals surface area contributed by atoms with Crippen molar-refractivity contribution in [1.29, 1.82) is 0 Å². The first kappa shape index (κ1) is 14.9. The maximum absolute atomic E-state index is 9.73. The minimum atomic E-state index is -0.239. The van der Waals surface area contributed by atoms with Crippen LogP contribution in [0.2, 0.25) is 0 Å². The lowest BCUT2D eigenvalue weighted by molar-refractivity contribution is 0.132. The first-order chi connectivity index (χ1) is 8.11. The van der Waals surface area contributed by atoms with Crippen molar-refractivity contribution < 1.29 is 5.11 Å². The minimum Gasteiger partial charge on any atom is -0.390 e. The number of rotatable bonds is 7. The van der Waals surface area contributed by atoms with Gasteiger partial charge in [0.2, 0.25) is 0 Å². The average molecular weight is 242 g/mol. The van der Waals surface area contributed by atoms with E-state index in [-0.39, 0.29) is 6.10 Å². The van der Waals surface area contributed by atoms with Crippen LogP contribution in [0.3, 0.4) is 0 Å². The number of aliphatic hydroxyl groups excluding tert-OH is 1. The Morgan fingerprint density at radius 1 is 1.18 bits per heavy atom. The van der Waals surface area contributed by atoms with Gasteiger partial charge in [-0.3, -0.25) is 0 Å². The number of hydrogen-bond acceptors (Lipinski definition) is 3. The Morgan fingerprint density at radius 3 is 2.29 bits per heavy atom. The van der Waals surface area contributed by atoms with Gasteiger partial charge in [-0.25, -0.2) is 0 Å². The van der Waals surface area contributed by atoms with E-state index >= 15 is 0 Å². The van der Waals surface area contributed by atoms with E-state index in [0.717, 1.165) is 31.5 Å². The Kier molecular flexibility index (Phi) is 7.09. The Hall–Kier alpha value is -0.120. The number of nitrogens with one attached hydrogen (secondary N) is 1.